The minimum absolute atomic E-state index is 0.0225. The Labute approximate surface area is 138 Å². The van der Waals surface area contributed by atoms with E-state index in [0.29, 0.717) is 31.8 Å². The molecule has 0 saturated carbocycles. The summed E-state index contributed by atoms with van der Waals surface area (Å²) in [6, 6.07) is -1.33. The zero-order valence-electron chi connectivity index (χ0n) is 14.2. The summed E-state index contributed by atoms with van der Waals surface area (Å²) in [6.07, 6.45) is 4.30. The smallest absolute Gasteiger partial charge is 0.243 e. The van der Waals surface area contributed by atoms with Crippen LogP contribution < -0.4 is 21.7 Å². The van der Waals surface area contributed by atoms with Crippen molar-refractivity contribution in [2.45, 2.75) is 64.5 Å². The third-order valence-electron chi connectivity index (χ3n) is 3.88. The first-order valence-corrected chi connectivity index (χ1v) is 8.51. The lowest BCUT2D eigenvalue weighted by Crippen LogP contribution is -2.62. The Hall–Kier alpha value is -1.63. The van der Waals surface area contributed by atoms with Crippen LogP contribution in [0.25, 0.3) is 0 Å². The number of piperazine rings is 1. The molecule has 7 nitrogen and oxygen atoms in total. The molecule has 7 heteroatoms. The molecule has 0 unspecified atom stereocenters. The number of hydrogen-bond donors (Lipinski definition) is 4. The van der Waals surface area contributed by atoms with E-state index >= 15 is 0 Å². The number of carbonyl (C=O) groups is 3. The van der Waals surface area contributed by atoms with E-state index in [9.17, 15) is 14.4 Å². The van der Waals surface area contributed by atoms with Crippen molar-refractivity contribution in [3.05, 3.63) is 0 Å². The SMILES string of the molecule is CC(C)CCCCNC(=O)C[C@H]1NC(=O)[C@@H](CCCN)NC1=O. The van der Waals surface area contributed by atoms with Crippen LogP contribution in [0.1, 0.15) is 52.4 Å². The van der Waals surface area contributed by atoms with Crippen molar-refractivity contribution >= 4 is 17.7 Å². The van der Waals surface area contributed by atoms with Crippen LogP contribution >= 0.6 is 0 Å². The van der Waals surface area contributed by atoms with Gasteiger partial charge in [0, 0.05) is 6.54 Å². The van der Waals surface area contributed by atoms with Crippen molar-refractivity contribution in [1.29, 1.82) is 0 Å². The first-order chi connectivity index (χ1) is 10.9. The number of carbonyl (C=O) groups excluding carboxylic acids is 3. The number of unbranched alkanes of at least 4 members (excludes halogenated alkanes) is 1. The molecule has 0 aromatic carbocycles. The lowest BCUT2D eigenvalue weighted by molar-refractivity contribution is -0.138. The first kappa shape index (κ1) is 19.4. The topological polar surface area (TPSA) is 113 Å². The van der Waals surface area contributed by atoms with Gasteiger partial charge in [-0.15, -0.1) is 0 Å². The summed E-state index contributed by atoms with van der Waals surface area (Å²) >= 11 is 0. The Morgan fingerprint density at radius 3 is 2.43 bits per heavy atom. The summed E-state index contributed by atoms with van der Waals surface area (Å²) in [5.74, 6) is -0.0937. The zero-order chi connectivity index (χ0) is 17.2. The molecule has 0 spiro atoms. The van der Waals surface area contributed by atoms with Gasteiger partial charge in [-0.2, -0.15) is 0 Å². The second-order valence-corrected chi connectivity index (χ2v) is 6.50. The maximum absolute atomic E-state index is 12.0. The van der Waals surface area contributed by atoms with Gasteiger partial charge in [0.1, 0.15) is 12.1 Å². The van der Waals surface area contributed by atoms with E-state index in [1.54, 1.807) is 0 Å². The van der Waals surface area contributed by atoms with Crippen LogP contribution in [0.15, 0.2) is 0 Å². The van der Waals surface area contributed by atoms with Crippen LogP contribution in [-0.4, -0.2) is 42.9 Å². The van der Waals surface area contributed by atoms with E-state index in [2.05, 4.69) is 29.8 Å². The number of rotatable bonds is 10. The average molecular weight is 326 g/mol. The second kappa shape index (κ2) is 10.2. The molecular formula is C16H30N4O3. The summed E-state index contributed by atoms with van der Waals surface area (Å²) in [6.45, 7) is 5.42. The number of nitrogens with one attached hydrogen (secondary N) is 3. The number of hydrogen-bond acceptors (Lipinski definition) is 4. The van der Waals surface area contributed by atoms with Crippen LogP contribution in [0.2, 0.25) is 0 Å². The van der Waals surface area contributed by atoms with E-state index in [0.717, 1.165) is 19.3 Å². The van der Waals surface area contributed by atoms with Gasteiger partial charge in [-0.3, -0.25) is 14.4 Å². The first-order valence-electron chi connectivity index (χ1n) is 8.51. The van der Waals surface area contributed by atoms with Crippen molar-refractivity contribution in [3.8, 4) is 0 Å². The summed E-state index contributed by atoms with van der Waals surface area (Å²) in [4.78, 5) is 35.7. The fraction of sp³-hybridized carbons (Fsp3) is 0.812. The molecule has 1 fully saturated rings. The maximum atomic E-state index is 12.0. The zero-order valence-corrected chi connectivity index (χ0v) is 14.2. The number of nitrogens with two attached hydrogens (primary N) is 1. The largest absolute Gasteiger partial charge is 0.356 e. The van der Waals surface area contributed by atoms with Gasteiger partial charge in [-0.1, -0.05) is 26.7 Å². The summed E-state index contributed by atoms with van der Waals surface area (Å²) in [5, 5.41) is 8.08. The molecule has 1 saturated heterocycles. The normalized spacial score (nSPS) is 21.0. The van der Waals surface area contributed by atoms with E-state index in [-0.39, 0.29) is 24.1 Å². The highest BCUT2D eigenvalue weighted by molar-refractivity contribution is 5.99. The van der Waals surface area contributed by atoms with Gasteiger partial charge in [0.25, 0.3) is 0 Å². The molecular weight excluding hydrogens is 296 g/mol. The lowest BCUT2D eigenvalue weighted by Gasteiger charge is -2.29. The monoisotopic (exact) mass is 326 g/mol. The van der Waals surface area contributed by atoms with Crippen molar-refractivity contribution in [3.63, 3.8) is 0 Å². The molecule has 2 atom stereocenters. The predicted octanol–water partition coefficient (Wildman–Crippen LogP) is 0.0411. The quantitative estimate of drug-likeness (QED) is 0.424. The van der Waals surface area contributed by atoms with Crippen LogP contribution in [-0.2, 0) is 14.4 Å². The lowest BCUT2D eigenvalue weighted by atomic mass is 10.0. The van der Waals surface area contributed by atoms with Gasteiger partial charge in [0.15, 0.2) is 0 Å². The molecule has 23 heavy (non-hydrogen) atoms. The van der Waals surface area contributed by atoms with Gasteiger partial charge in [0.05, 0.1) is 6.42 Å². The highest BCUT2D eigenvalue weighted by Crippen LogP contribution is 2.07. The molecule has 1 heterocycles. The Morgan fingerprint density at radius 2 is 1.78 bits per heavy atom. The van der Waals surface area contributed by atoms with E-state index in [1.165, 1.54) is 0 Å². The van der Waals surface area contributed by atoms with Gasteiger partial charge in [-0.25, -0.2) is 0 Å². The standard InChI is InChI=1S/C16H30N4O3/c1-11(2)6-3-4-9-18-14(21)10-13-16(23)19-12(7-5-8-17)15(22)20-13/h11-13H,3-10,17H2,1-2H3,(H,18,21)(H,19,23)(H,20,22)/t12-,13-/m1/s1. The number of amides is 3. The van der Waals surface area contributed by atoms with E-state index in [4.69, 9.17) is 5.73 Å². The third kappa shape index (κ3) is 7.45. The molecule has 132 valence electrons. The van der Waals surface area contributed by atoms with E-state index in [1.807, 2.05) is 0 Å². The van der Waals surface area contributed by atoms with Crippen molar-refractivity contribution < 1.29 is 14.4 Å². The molecule has 1 aliphatic rings. The van der Waals surface area contributed by atoms with Crippen molar-refractivity contribution in [1.82, 2.24) is 16.0 Å². The molecule has 0 aliphatic carbocycles. The molecule has 0 radical (unpaired) electrons. The van der Waals surface area contributed by atoms with Crippen LogP contribution in [0.3, 0.4) is 0 Å². The molecule has 0 aromatic heterocycles. The van der Waals surface area contributed by atoms with Gasteiger partial charge in [0.2, 0.25) is 17.7 Å². The maximum Gasteiger partial charge on any atom is 0.243 e. The molecule has 1 rings (SSSR count). The highest BCUT2D eigenvalue weighted by atomic mass is 16.2. The Morgan fingerprint density at radius 1 is 1.13 bits per heavy atom. The summed E-state index contributed by atoms with van der Waals surface area (Å²) in [7, 11) is 0. The van der Waals surface area contributed by atoms with E-state index < -0.39 is 12.1 Å². The molecule has 3 amide bonds. The average Bonchev–Trinajstić information content (AvgIpc) is 2.48. The van der Waals surface area contributed by atoms with Crippen molar-refractivity contribution in [2.24, 2.45) is 11.7 Å². The Kier molecular flexibility index (Phi) is 8.61. The molecule has 5 N–H and O–H groups in total. The minimum atomic E-state index is -0.785. The van der Waals surface area contributed by atoms with Gasteiger partial charge < -0.3 is 21.7 Å². The summed E-state index contributed by atoms with van der Waals surface area (Å²) in [5.41, 5.74) is 5.41. The van der Waals surface area contributed by atoms with Crippen LogP contribution in [0, 0.1) is 5.92 Å². The minimum Gasteiger partial charge on any atom is -0.356 e. The molecule has 0 aromatic rings. The Bertz CT molecular complexity index is 412. The fourth-order valence-electron chi connectivity index (χ4n) is 2.51. The molecule has 1 aliphatic heterocycles. The predicted molar refractivity (Wildman–Crippen MR) is 88.5 cm³/mol. The molecule has 0 bridgehead atoms. The second-order valence-electron chi connectivity index (χ2n) is 6.50. The van der Waals surface area contributed by atoms with Crippen LogP contribution in [0.4, 0.5) is 0 Å². The highest BCUT2D eigenvalue weighted by Gasteiger charge is 2.34. The van der Waals surface area contributed by atoms with Crippen molar-refractivity contribution in [2.75, 3.05) is 13.1 Å². The van der Waals surface area contributed by atoms with Crippen LogP contribution in [0.5, 0.6) is 0 Å². The van der Waals surface area contributed by atoms with Gasteiger partial charge >= 0.3 is 0 Å². The Balaban J connectivity index is 2.27. The summed E-state index contributed by atoms with van der Waals surface area (Å²) < 4.78 is 0. The van der Waals surface area contributed by atoms with Gasteiger partial charge in [-0.05, 0) is 31.7 Å². The third-order valence-corrected chi connectivity index (χ3v) is 3.88. The fourth-order valence-corrected chi connectivity index (χ4v) is 2.51.